The molecular formula is C47H59N11O7. The maximum absolute atomic E-state index is 14.6. The molecular weight excluding hydrogens is 831 g/mol. The van der Waals surface area contributed by atoms with Crippen LogP contribution in [0.5, 0.6) is 11.5 Å². The number of nitrogens with one attached hydrogen (secondary N) is 4. The molecule has 0 saturated heterocycles. The molecule has 0 aliphatic carbocycles. The minimum absolute atomic E-state index is 0.00204. The van der Waals surface area contributed by atoms with Crippen molar-refractivity contribution in [2.24, 2.45) is 17.2 Å². The summed E-state index contributed by atoms with van der Waals surface area (Å²) >= 11 is 0. The van der Waals surface area contributed by atoms with Gasteiger partial charge in [-0.2, -0.15) is 5.26 Å². The number of ether oxygens (including phenoxy) is 2. The van der Waals surface area contributed by atoms with E-state index in [-0.39, 0.29) is 68.9 Å². The standard InChI is InChI=1S/C47H59N11O7/c1-27-42(59)57-38(44(61)53-19-16-49)23-28-6-12-39(64-20-17-50)32(22-28)33-24-30(9-13-40(33)65-21-18-51)41(45(62)55-27)58(5)46(63)36(14-15-48)56-43(60)34-26-54-37(25-35(34)52)29-7-10-31(11-8-29)47(2,3)4/h6-13,22,24-27,36,38,41H,14-15,17-21,23,48,50-51H2,1-5H3,(H2,52,54)(H,53,61)(H,55,62)(H,56,60)(H,57,59). The molecule has 344 valence electrons. The number of nitrogens with two attached hydrogens (primary N) is 4. The number of rotatable bonds is 15. The number of nitriles is 1. The van der Waals surface area contributed by atoms with Crippen molar-refractivity contribution in [3.8, 4) is 40.0 Å². The van der Waals surface area contributed by atoms with Crippen LogP contribution in [0.15, 0.2) is 72.9 Å². The van der Waals surface area contributed by atoms with Gasteiger partial charge in [-0.1, -0.05) is 57.2 Å². The number of hydrogen-bond donors (Lipinski definition) is 8. The molecule has 2 heterocycles. The zero-order valence-corrected chi connectivity index (χ0v) is 37.4. The molecule has 4 atom stereocenters. The summed E-state index contributed by atoms with van der Waals surface area (Å²) < 4.78 is 12.2. The number of nitrogen functional groups attached to an aromatic ring is 1. The molecule has 18 nitrogen and oxygen atoms in total. The van der Waals surface area contributed by atoms with Gasteiger partial charge in [0, 0.05) is 55.1 Å². The maximum Gasteiger partial charge on any atom is 0.255 e. The van der Waals surface area contributed by atoms with Crippen molar-refractivity contribution in [2.75, 3.05) is 52.2 Å². The van der Waals surface area contributed by atoms with E-state index in [2.05, 4.69) is 47.0 Å². The largest absolute Gasteiger partial charge is 0.492 e. The van der Waals surface area contributed by atoms with E-state index in [0.29, 0.717) is 39.4 Å². The molecule has 12 N–H and O–H groups in total. The molecule has 0 saturated carbocycles. The summed E-state index contributed by atoms with van der Waals surface area (Å²) in [6, 6.07) is 16.4. The Hall–Kier alpha value is -7.07. The Balaban J connectivity index is 1.55. The summed E-state index contributed by atoms with van der Waals surface area (Å²) in [5.41, 5.74) is 28.5. The van der Waals surface area contributed by atoms with Gasteiger partial charge >= 0.3 is 0 Å². The number of pyridine rings is 1. The Morgan fingerprint density at radius 3 is 2.15 bits per heavy atom. The number of likely N-dealkylation sites (N-methyl/N-ethyl adjacent to an activating group) is 1. The summed E-state index contributed by atoms with van der Waals surface area (Å²) in [5.74, 6) is -2.71. The van der Waals surface area contributed by atoms with E-state index in [1.54, 1.807) is 42.5 Å². The molecule has 1 aliphatic heterocycles. The van der Waals surface area contributed by atoms with Gasteiger partial charge in [0.1, 0.15) is 55.4 Å². The number of benzene rings is 3. The second-order valence-electron chi connectivity index (χ2n) is 16.7. The Bertz CT molecular complexity index is 2410. The van der Waals surface area contributed by atoms with E-state index in [1.165, 1.54) is 20.2 Å². The molecule has 18 heteroatoms. The third-order valence-electron chi connectivity index (χ3n) is 10.8. The molecule has 4 aromatic rings. The highest BCUT2D eigenvalue weighted by Gasteiger charge is 2.36. The minimum atomic E-state index is -1.41. The van der Waals surface area contributed by atoms with Gasteiger partial charge in [-0.05, 0) is 72.3 Å². The second-order valence-corrected chi connectivity index (χ2v) is 16.7. The zero-order valence-electron chi connectivity index (χ0n) is 37.4. The van der Waals surface area contributed by atoms with E-state index in [1.807, 2.05) is 30.3 Å². The normalized spacial score (nSPS) is 16.7. The number of carbonyl (C=O) groups is 5. The number of nitrogens with zero attached hydrogens (tertiary/aromatic N) is 3. The first-order valence-electron chi connectivity index (χ1n) is 21.3. The second kappa shape index (κ2) is 22.0. The Morgan fingerprint density at radius 2 is 1.55 bits per heavy atom. The van der Waals surface area contributed by atoms with Crippen LogP contribution in [-0.2, 0) is 31.0 Å². The Labute approximate surface area is 378 Å². The summed E-state index contributed by atoms with van der Waals surface area (Å²) in [5, 5.41) is 19.8. The number of carbonyl (C=O) groups excluding carboxylic acids is 5. The van der Waals surface area contributed by atoms with E-state index in [9.17, 15) is 24.0 Å². The smallest absolute Gasteiger partial charge is 0.255 e. The lowest BCUT2D eigenvalue weighted by molar-refractivity contribution is -0.141. The number of anilines is 1. The van der Waals surface area contributed by atoms with Gasteiger partial charge in [0.25, 0.3) is 5.91 Å². The van der Waals surface area contributed by atoms with Crippen molar-refractivity contribution in [1.29, 1.82) is 5.26 Å². The highest BCUT2D eigenvalue weighted by molar-refractivity contribution is 6.02. The number of aromatic nitrogens is 1. The Kier molecular flexibility index (Phi) is 16.6. The van der Waals surface area contributed by atoms with Gasteiger partial charge in [0.2, 0.25) is 23.6 Å². The summed E-state index contributed by atoms with van der Waals surface area (Å²) in [6.45, 7) is 8.12. The van der Waals surface area contributed by atoms with Crippen molar-refractivity contribution < 1.29 is 33.4 Å². The Morgan fingerprint density at radius 1 is 0.908 bits per heavy atom. The first-order valence-corrected chi connectivity index (χ1v) is 21.3. The van der Waals surface area contributed by atoms with Crippen LogP contribution < -0.4 is 53.7 Å². The van der Waals surface area contributed by atoms with Crippen LogP contribution in [0.4, 0.5) is 5.69 Å². The number of fused-ring (bicyclic) bond motifs is 5. The summed E-state index contributed by atoms with van der Waals surface area (Å²) in [7, 11) is 1.40. The lowest BCUT2D eigenvalue weighted by Gasteiger charge is -2.32. The molecule has 1 aliphatic rings. The minimum Gasteiger partial charge on any atom is -0.492 e. The topological polar surface area (TPSA) is 296 Å². The van der Waals surface area contributed by atoms with E-state index in [4.69, 9.17) is 37.7 Å². The number of amides is 5. The van der Waals surface area contributed by atoms with Crippen LogP contribution in [0.1, 0.15) is 67.2 Å². The lowest BCUT2D eigenvalue weighted by atomic mass is 9.86. The van der Waals surface area contributed by atoms with Gasteiger partial charge in [-0.15, -0.1) is 0 Å². The molecule has 65 heavy (non-hydrogen) atoms. The number of hydrogen-bond acceptors (Lipinski definition) is 13. The molecule has 1 aromatic heterocycles. The van der Waals surface area contributed by atoms with Crippen LogP contribution in [-0.4, -0.2) is 104 Å². The molecule has 4 bridgehead atoms. The third kappa shape index (κ3) is 12.1. The van der Waals surface area contributed by atoms with E-state index >= 15 is 0 Å². The molecule has 5 rings (SSSR count). The van der Waals surface area contributed by atoms with Crippen LogP contribution in [0.3, 0.4) is 0 Å². The van der Waals surface area contributed by atoms with Gasteiger partial charge in [-0.25, -0.2) is 0 Å². The van der Waals surface area contributed by atoms with Crippen molar-refractivity contribution in [2.45, 2.75) is 70.1 Å². The predicted molar refractivity (Wildman–Crippen MR) is 246 cm³/mol. The molecule has 3 aromatic carbocycles. The summed E-state index contributed by atoms with van der Waals surface area (Å²) in [4.78, 5) is 75.7. The van der Waals surface area contributed by atoms with Crippen molar-refractivity contribution in [1.82, 2.24) is 31.2 Å². The fourth-order valence-corrected chi connectivity index (χ4v) is 7.33. The van der Waals surface area contributed by atoms with Crippen LogP contribution in [0, 0.1) is 11.3 Å². The van der Waals surface area contributed by atoms with Gasteiger partial charge in [-0.3, -0.25) is 29.0 Å². The average Bonchev–Trinajstić information content (AvgIpc) is 3.28. The highest BCUT2D eigenvalue weighted by Crippen LogP contribution is 2.40. The molecule has 0 spiro atoms. The molecule has 5 amide bonds. The van der Waals surface area contributed by atoms with Crippen LogP contribution in [0.2, 0.25) is 0 Å². The maximum atomic E-state index is 14.6. The van der Waals surface area contributed by atoms with E-state index in [0.717, 1.165) is 16.0 Å². The van der Waals surface area contributed by atoms with Crippen molar-refractivity contribution in [3.63, 3.8) is 0 Å². The summed E-state index contributed by atoms with van der Waals surface area (Å²) in [6.07, 6.45) is 1.32. The van der Waals surface area contributed by atoms with Crippen molar-refractivity contribution >= 4 is 35.2 Å². The fourth-order valence-electron chi connectivity index (χ4n) is 7.33. The quantitative estimate of drug-likeness (QED) is 0.0792. The van der Waals surface area contributed by atoms with Crippen LogP contribution in [0.25, 0.3) is 22.4 Å². The molecule has 0 fully saturated rings. The van der Waals surface area contributed by atoms with E-state index < -0.39 is 53.7 Å². The SMILES string of the molecule is CC1NC(=O)C(N(C)C(=O)C(CCN)NC(=O)c2cnc(-c3ccc(C(C)(C)C)cc3)cc2N)c2ccc(OCCN)c(c2)-c2cc(ccc2OCCN)CC(C(=O)NCC#N)NC1=O. The van der Waals surface area contributed by atoms with Gasteiger partial charge < -0.3 is 58.6 Å². The van der Waals surface area contributed by atoms with Gasteiger partial charge in [0.15, 0.2) is 0 Å². The predicted octanol–water partition coefficient (Wildman–Crippen LogP) is 1.80. The molecule has 4 unspecified atom stereocenters. The molecule has 0 radical (unpaired) electrons. The average molecular weight is 890 g/mol. The van der Waals surface area contributed by atoms with Crippen molar-refractivity contribution in [3.05, 3.63) is 95.2 Å². The first kappa shape index (κ1) is 49.0. The monoisotopic (exact) mass is 889 g/mol. The highest BCUT2D eigenvalue weighted by atomic mass is 16.5. The third-order valence-corrected chi connectivity index (χ3v) is 10.8. The van der Waals surface area contributed by atoms with Crippen LogP contribution >= 0.6 is 0 Å². The fraction of sp³-hybridized carbons (Fsp3) is 0.383. The lowest BCUT2D eigenvalue weighted by Crippen LogP contribution is -2.56. The first-order chi connectivity index (χ1) is 31.0. The van der Waals surface area contributed by atoms with Gasteiger partial charge in [0.05, 0.1) is 17.3 Å². The zero-order chi connectivity index (χ0) is 47.4.